The predicted molar refractivity (Wildman–Crippen MR) is 63.8 cm³/mol. The quantitative estimate of drug-likeness (QED) is 0.795. The third kappa shape index (κ3) is 1.54. The van der Waals surface area contributed by atoms with Gasteiger partial charge < -0.3 is 5.73 Å². The van der Waals surface area contributed by atoms with Crippen LogP contribution >= 0.6 is 0 Å². The second kappa shape index (κ2) is 3.83. The van der Waals surface area contributed by atoms with E-state index in [9.17, 15) is 4.79 Å². The van der Waals surface area contributed by atoms with Crippen LogP contribution in [-0.4, -0.2) is 11.8 Å². The second-order valence-electron chi connectivity index (χ2n) is 6.37. The molecule has 1 unspecified atom stereocenters. The molecule has 16 heavy (non-hydrogen) atoms. The summed E-state index contributed by atoms with van der Waals surface area (Å²) in [6.45, 7) is 2.03. The zero-order valence-corrected chi connectivity index (χ0v) is 10.2. The fraction of sp³-hybridized carbons (Fsp3) is 0.929. The summed E-state index contributed by atoms with van der Waals surface area (Å²) in [5.74, 6) is 4.01. The van der Waals surface area contributed by atoms with E-state index < -0.39 is 0 Å². The standard InChI is InChI=1S/C14H23NO/c1-2-12(15)14(16)13-10-4-8-3-9(6-10)7-11(13)5-8/h8-13H,2-7,15H2,1H3. The smallest absolute Gasteiger partial charge is 0.153 e. The first-order valence-corrected chi connectivity index (χ1v) is 6.98. The molecule has 0 spiro atoms. The molecule has 0 amide bonds. The monoisotopic (exact) mass is 221 g/mol. The molecule has 2 heteroatoms. The number of carbonyl (C=O) groups is 1. The minimum absolute atomic E-state index is 0.192. The fourth-order valence-electron chi connectivity index (χ4n) is 4.84. The van der Waals surface area contributed by atoms with Crippen molar-refractivity contribution in [2.24, 2.45) is 35.3 Å². The van der Waals surface area contributed by atoms with Crippen molar-refractivity contribution in [2.75, 3.05) is 0 Å². The fourth-order valence-corrected chi connectivity index (χ4v) is 4.84. The van der Waals surface area contributed by atoms with E-state index in [0.717, 1.165) is 18.3 Å². The minimum Gasteiger partial charge on any atom is -0.322 e. The molecule has 2 nitrogen and oxygen atoms in total. The molecule has 4 fully saturated rings. The molecule has 4 aliphatic rings. The van der Waals surface area contributed by atoms with Gasteiger partial charge in [-0.25, -0.2) is 0 Å². The molecule has 4 bridgehead atoms. The van der Waals surface area contributed by atoms with Crippen molar-refractivity contribution in [2.45, 2.75) is 51.5 Å². The topological polar surface area (TPSA) is 43.1 Å². The Kier molecular flexibility index (Phi) is 2.58. The maximum atomic E-state index is 12.3. The minimum atomic E-state index is -0.192. The van der Waals surface area contributed by atoms with Gasteiger partial charge in [-0.05, 0) is 62.2 Å². The summed E-state index contributed by atoms with van der Waals surface area (Å²) in [6, 6.07) is -0.192. The Bertz CT molecular complexity index is 271. The normalized spacial score (nSPS) is 47.0. The second-order valence-corrected chi connectivity index (χ2v) is 6.37. The van der Waals surface area contributed by atoms with Crippen LogP contribution in [0.15, 0.2) is 0 Å². The average molecular weight is 221 g/mol. The Labute approximate surface area is 98.0 Å². The van der Waals surface area contributed by atoms with E-state index in [1.54, 1.807) is 0 Å². The number of nitrogens with two attached hydrogens (primary N) is 1. The number of rotatable bonds is 3. The van der Waals surface area contributed by atoms with E-state index in [4.69, 9.17) is 5.73 Å². The summed E-state index contributed by atoms with van der Waals surface area (Å²) >= 11 is 0. The van der Waals surface area contributed by atoms with Gasteiger partial charge in [0.25, 0.3) is 0 Å². The highest BCUT2D eigenvalue weighted by atomic mass is 16.1. The highest BCUT2D eigenvalue weighted by Gasteiger charge is 2.51. The van der Waals surface area contributed by atoms with Crippen LogP contribution in [0.1, 0.15) is 45.4 Å². The number of Topliss-reactive ketones (excluding diaryl/α,β-unsaturated/α-hetero) is 1. The third-order valence-corrected chi connectivity index (χ3v) is 5.36. The van der Waals surface area contributed by atoms with E-state index in [2.05, 4.69) is 0 Å². The summed E-state index contributed by atoms with van der Waals surface area (Å²) in [5.41, 5.74) is 5.95. The zero-order valence-electron chi connectivity index (χ0n) is 10.2. The van der Waals surface area contributed by atoms with E-state index >= 15 is 0 Å². The van der Waals surface area contributed by atoms with Gasteiger partial charge in [0.2, 0.25) is 0 Å². The molecular formula is C14H23NO. The van der Waals surface area contributed by atoms with Crippen LogP contribution in [0.3, 0.4) is 0 Å². The Morgan fingerprint density at radius 1 is 1.12 bits per heavy atom. The lowest BCUT2D eigenvalue weighted by molar-refractivity contribution is -0.137. The van der Waals surface area contributed by atoms with Crippen LogP contribution in [0, 0.1) is 29.6 Å². The molecule has 0 aromatic heterocycles. The summed E-state index contributed by atoms with van der Waals surface area (Å²) in [5, 5.41) is 0. The molecule has 4 aliphatic carbocycles. The maximum absolute atomic E-state index is 12.3. The van der Waals surface area contributed by atoms with Gasteiger partial charge in [0.05, 0.1) is 6.04 Å². The van der Waals surface area contributed by atoms with Crippen LogP contribution < -0.4 is 5.73 Å². The summed E-state index contributed by atoms with van der Waals surface area (Å²) in [7, 11) is 0. The molecule has 0 heterocycles. The van der Waals surface area contributed by atoms with Gasteiger partial charge in [0, 0.05) is 5.92 Å². The summed E-state index contributed by atoms with van der Waals surface area (Å²) < 4.78 is 0. The molecule has 2 N–H and O–H groups in total. The Hall–Kier alpha value is -0.370. The highest BCUT2D eigenvalue weighted by molar-refractivity contribution is 5.86. The molecule has 0 aliphatic heterocycles. The van der Waals surface area contributed by atoms with Crippen molar-refractivity contribution in [1.82, 2.24) is 0 Å². The van der Waals surface area contributed by atoms with Crippen LogP contribution in [0.4, 0.5) is 0 Å². The molecule has 4 saturated carbocycles. The number of hydrogen-bond acceptors (Lipinski definition) is 2. The van der Waals surface area contributed by atoms with Gasteiger partial charge in [-0.3, -0.25) is 4.79 Å². The van der Waals surface area contributed by atoms with Crippen molar-refractivity contribution in [3.63, 3.8) is 0 Å². The number of ketones is 1. The van der Waals surface area contributed by atoms with Gasteiger partial charge in [0.1, 0.15) is 0 Å². The SMILES string of the molecule is CCC(N)C(=O)C1C2CC3CC(C2)CC1C3. The molecule has 1 atom stereocenters. The largest absolute Gasteiger partial charge is 0.322 e. The van der Waals surface area contributed by atoms with Crippen LogP contribution in [0.2, 0.25) is 0 Å². The molecule has 4 rings (SSSR count). The zero-order chi connectivity index (χ0) is 11.3. The van der Waals surface area contributed by atoms with Crippen LogP contribution in [0.25, 0.3) is 0 Å². The van der Waals surface area contributed by atoms with Crippen LogP contribution in [-0.2, 0) is 4.79 Å². The van der Waals surface area contributed by atoms with Gasteiger partial charge in [0.15, 0.2) is 5.78 Å². The molecular weight excluding hydrogens is 198 g/mol. The van der Waals surface area contributed by atoms with Crippen LogP contribution in [0.5, 0.6) is 0 Å². The van der Waals surface area contributed by atoms with Gasteiger partial charge >= 0.3 is 0 Å². The summed E-state index contributed by atoms with van der Waals surface area (Å²) in [4.78, 5) is 12.3. The predicted octanol–water partition coefficient (Wildman–Crippen LogP) is 2.37. The molecule has 90 valence electrons. The third-order valence-electron chi connectivity index (χ3n) is 5.36. The number of carbonyl (C=O) groups excluding carboxylic acids is 1. The van der Waals surface area contributed by atoms with Crippen molar-refractivity contribution in [1.29, 1.82) is 0 Å². The average Bonchev–Trinajstić information content (AvgIpc) is 2.26. The Morgan fingerprint density at radius 3 is 2.06 bits per heavy atom. The highest BCUT2D eigenvalue weighted by Crippen LogP contribution is 2.56. The molecule has 0 aromatic carbocycles. The van der Waals surface area contributed by atoms with Crippen molar-refractivity contribution in [3.8, 4) is 0 Å². The maximum Gasteiger partial charge on any atom is 0.153 e. The molecule has 0 saturated heterocycles. The lowest BCUT2D eigenvalue weighted by atomic mass is 9.51. The van der Waals surface area contributed by atoms with Crippen molar-refractivity contribution in [3.05, 3.63) is 0 Å². The number of hydrogen-bond donors (Lipinski definition) is 1. The first-order valence-electron chi connectivity index (χ1n) is 6.98. The molecule has 0 radical (unpaired) electrons. The van der Waals surface area contributed by atoms with Gasteiger partial charge in [-0.1, -0.05) is 6.92 Å². The summed E-state index contributed by atoms with van der Waals surface area (Å²) in [6.07, 6.45) is 7.54. The Balaban J connectivity index is 1.79. The van der Waals surface area contributed by atoms with E-state index in [1.807, 2.05) is 6.92 Å². The lowest BCUT2D eigenvalue weighted by Gasteiger charge is -2.54. The van der Waals surface area contributed by atoms with E-state index in [1.165, 1.54) is 32.1 Å². The first kappa shape index (κ1) is 10.8. The van der Waals surface area contributed by atoms with Gasteiger partial charge in [-0.2, -0.15) is 0 Å². The lowest BCUT2D eigenvalue weighted by Crippen LogP contribution is -2.51. The molecule has 0 aromatic rings. The van der Waals surface area contributed by atoms with Crippen molar-refractivity contribution < 1.29 is 4.79 Å². The van der Waals surface area contributed by atoms with Gasteiger partial charge in [-0.15, -0.1) is 0 Å². The van der Waals surface area contributed by atoms with E-state index in [-0.39, 0.29) is 6.04 Å². The Morgan fingerprint density at radius 2 is 1.62 bits per heavy atom. The van der Waals surface area contributed by atoms with Crippen molar-refractivity contribution >= 4 is 5.78 Å². The van der Waals surface area contributed by atoms with E-state index in [0.29, 0.717) is 23.5 Å². The first-order chi connectivity index (χ1) is 7.69.